The number of nitrogens with two attached hydrogens (primary N) is 1. The van der Waals surface area contributed by atoms with Gasteiger partial charge in [-0.3, -0.25) is 0 Å². The van der Waals surface area contributed by atoms with Gasteiger partial charge in [0.15, 0.2) is 0 Å². The summed E-state index contributed by atoms with van der Waals surface area (Å²) >= 11 is 6.02. The molecule has 2 aromatic rings. The van der Waals surface area contributed by atoms with E-state index >= 15 is 0 Å². The summed E-state index contributed by atoms with van der Waals surface area (Å²) in [6, 6.07) is 9.83. The van der Waals surface area contributed by atoms with Crippen molar-refractivity contribution in [3.63, 3.8) is 0 Å². The molecule has 0 heterocycles. The molecular weight excluding hydrogens is 310 g/mol. The van der Waals surface area contributed by atoms with Crippen molar-refractivity contribution in [3.05, 3.63) is 57.6 Å². The Bertz CT molecular complexity index is 671. The molecule has 0 fully saturated rings. The minimum absolute atomic E-state index is 0.478. The molecular formula is C19H24ClNO2. The van der Waals surface area contributed by atoms with Crippen LogP contribution in [0, 0.1) is 20.8 Å². The fourth-order valence-corrected chi connectivity index (χ4v) is 2.69. The maximum absolute atomic E-state index is 6.02. The lowest BCUT2D eigenvalue weighted by atomic mass is 10.1. The van der Waals surface area contributed by atoms with Crippen LogP contribution in [0.1, 0.15) is 22.3 Å². The third kappa shape index (κ3) is 4.88. The lowest BCUT2D eigenvalue weighted by Crippen LogP contribution is -2.12. The number of halogens is 1. The monoisotopic (exact) mass is 333 g/mol. The standard InChI is InChI=1S/C19H24ClNO2/c1-13-10-14(2)15(3)19(11-13)23-9-8-22-18-5-4-17(20)12-16(18)6-7-21/h4-5,10-12H,6-9,21H2,1-3H3. The van der Waals surface area contributed by atoms with Crippen LogP contribution in [0.3, 0.4) is 0 Å². The van der Waals surface area contributed by atoms with Crippen molar-refractivity contribution in [3.8, 4) is 11.5 Å². The zero-order valence-corrected chi connectivity index (χ0v) is 14.7. The number of hydrogen-bond donors (Lipinski definition) is 1. The SMILES string of the molecule is Cc1cc(C)c(C)c(OCCOc2ccc(Cl)cc2CCN)c1. The summed E-state index contributed by atoms with van der Waals surface area (Å²) in [5.41, 5.74) is 10.3. The molecule has 0 bridgehead atoms. The van der Waals surface area contributed by atoms with Gasteiger partial charge >= 0.3 is 0 Å². The van der Waals surface area contributed by atoms with Crippen LogP contribution in [0.25, 0.3) is 0 Å². The van der Waals surface area contributed by atoms with E-state index in [1.54, 1.807) is 0 Å². The van der Waals surface area contributed by atoms with Gasteiger partial charge in [0.1, 0.15) is 24.7 Å². The molecule has 0 radical (unpaired) electrons. The van der Waals surface area contributed by atoms with Gasteiger partial charge in [0.25, 0.3) is 0 Å². The molecule has 0 atom stereocenters. The molecule has 0 aliphatic heterocycles. The first kappa shape index (κ1) is 17.6. The summed E-state index contributed by atoms with van der Waals surface area (Å²) in [6.45, 7) is 7.78. The molecule has 2 rings (SSSR count). The normalized spacial score (nSPS) is 10.7. The zero-order valence-electron chi connectivity index (χ0n) is 14.0. The van der Waals surface area contributed by atoms with E-state index in [4.69, 9.17) is 26.8 Å². The molecule has 0 aliphatic carbocycles. The highest BCUT2D eigenvalue weighted by atomic mass is 35.5. The van der Waals surface area contributed by atoms with E-state index in [9.17, 15) is 0 Å². The Morgan fingerprint density at radius 1 is 0.957 bits per heavy atom. The predicted octanol–water partition coefficient (Wildman–Crippen LogP) is 4.22. The first-order valence-corrected chi connectivity index (χ1v) is 8.21. The van der Waals surface area contributed by atoms with Crippen LogP contribution in [0.2, 0.25) is 5.02 Å². The van der Waals surface area contributed by atoms with E-state index < -0.39 is 0 Å². The second-order valence-corrected chi connectivity index (χ2v) is 6.13. The van der Waals surface area contributed by atoms with Crippen molar-refractivity contribution in [2.24, 2.45) is 5.73 Å². The van der Waals surface area contributed by atoms with Crippen LogP contribution in [0.4, 0.5) is 0 Å². The second-order valence-electron chi connectivity index (χ2n) is 5.69. The fourth-order valence-electron chi connectivity index (χ4n) is 2.49. The first-order chi connectivity index (χ1) is 11.0. The van der Waals surface area contributed by atoms with Crippen LogP contribution >= 0.6 is 11.6 Å². The van der Waals surface area contributed by atoms with Crippen LogP contribution in [-0.4, -0.2) is 19.8 Å². The Balaban J connectivity index is 1.93. The maximum Gasteiger partial charge on any atom is 0.122 e. The Hall–Kier alpha value is -1.71. The van der Waals surface area contributed by atoms with Crippen molar-refractivity contribution < 1.29 is 9.47 Å². The van der Waals surface area contributed by atoms with Gasteiger partial charge in [-0.05, 0) is 80.3 Å². The maximum atomic E-state index is 6.02. The van der Waals surface area contributed by atoms with E-state index in [0.29, 0.717) is 24.8 Å². The molecule has 0 saturated heterocycles. The van der Waals surface area contributed by atoms with Crippen molar-refractivity contribution in [2.75, 3.05) is 19.8 Å². The third-order valence-electron chi connectivity index (χ3n) is 3.80. The molecule has 4 heteroatoms. The van der Waals surface area contributed by atoms with Crippen LogP contribution < -0.4 is 15.2 Å². The number of aryl methyl sites for hydroxylation is 2. The van der Waals surface area contributed by atoms with Crippen molar-refractivity contribution in [2.45, 2.75) is 27.2 Å². The average molecular weight is 334 g/mol. The van der Waals surface area contributed by atoms with Crippen LogP contribution in [0.5, 0.6) is 11.5 Å². The number of rotatable bonds is 7. The van der Waals surface area contributed by atoms with E-state index in [0.717, 1.165) is 23.5 Å². The van der Waals surface area contributed by atoms with Gasteiger partial charge < -0.3 is 15.2 Å². The van der Waals surface area contributed by atoms with E-state index in [2.05, 4.69) is 32.9 Å². The van der Waals surface area contributed by atoms with Gasteiger partial charge in [-0.2, -0.15) is 0 Å². The third-order valence-corrected chi connectivity index (χ3v) is 4.03. The fraction of sp³-hybridized carbons (Fsp3) is 0.368. The number of hydrogen-bond acceptors (Lipinski definition) is 3. The van der Waals surface area contributed by atoms with Crippen molar-refractivity contribution in [1.82, 2.24) is 0 Å². The van der Waals surface area contributed by atoms with Gasteiger partial charge in [0.05, 0.1) is 0 Å². The first-order valence-electron chi connectivity index (χ1n) is 7.83. The van der Waals surface area contributed by atoms with Crippen LogP contribution in [-0.2, 0) is 6.42 Å². The quantitative estimate of drug-likeness (QED) is 0.771. The molecule has 3 nitrogen and oxygen atoms in total. The van der Waals surface area contributed by atoms with E-state index in [1.807, 2.05) is 18.2 Å². The molecule has 2 N–H and O–H groups in total. The highest BCUT2D eigenvalue weighted by Crippen LogP contribution is 2.25. The van der Waals surface area contributed by atoms with Crippen LogP contribution in [0.15, 0.2) is 30.3 Å². The molecule has 0 aliphatic rings. The Morgan fingerprint density at radius 2 is 1.65 bits per heavy atom. The lowest BCUT2D eigenvalue weighted by Gasteiger charge is -2.14. The average Bonchev–Trinajstić information content (AvgIpc) is 2.50. The Morgan fingerprint density at radius 3 is 2.35 bits per heavy atom. The van der Waals surface area contributed by atoms with E-state index in [-0.39, 0.29) is 0 Å². The topological polar surface area (TPSA) is 44.5 Å². The molecule has 0 unspecified atom stereocenters. The predicted molar refractivity (Wildman–Crippen MR) is 95.9 cm³/mol. The zero-order chi connectivity index (χ0) is 16.8. The smallest absolute Gasteiger partial charge is 0.122 e. The van der Waals surface area contributed by atoms with Gasteiger partial charge in [-0.1, -0.05) is 17.7 Å². The number of benzene rings is 2. The Kier molecular flexibility index (Phi) is 6.31. The minimum Gasteiger partial charge on any atom is -0.490 e. The summed E-state index contributed by atoms with van der Waals surface area (Å²) in [7, 11) is 0. The molecule has 2 aromatic carbocycles. The Labute approximate surface area is 143 Å². The molecule has 0 spiro atoms. The van der Waals surface area contributed by atoms with Gasteiger partial charge in [-0.15, -0.1) is 0 Å². The second kappa shape index (κ2) is 8.23. The lowest BCUT2D eigenvalue weighted by molar-refractivity contribution is 0.215. The highest BCUT2D eigenvalue weighted by Gasteiger charge is 2.06. The molecule has 0 amide bonds. The summed E-state index contributed by atoms with van der Waals surface area (Å²) in [6.07, 6.45) is 0.743. The number of ether oxygens (including phenoxy) is 2. The van der Waals surface area contributed by atoms with Gasteiger partial charge in [-0.25, -0.2) is 0 Å². The summed E-state index contributed by atoms with van der Waals surface area (Å²) in [4.78, 5) is 0. The van der Waals surface area contributed by atoms with Gasteiger partial charge in [0, 0.05) is 5.02 Å². The molecule has 23 heavy (non-hydrogen) atoms. The summed E-state index contributed by atoms with van der Waals surface area (Å²) in [5, 5.41) is 0.697. The molecule has 0 aromatic heterocycles. The van der Waals surface area contributed by atoms with E-state index in [1.165, 1.54) is 16.7 Å². The van der Waals surface area contributed by atoms with Gasteiger partial charge in [0.2, 0.25) is 0 Å². The van der Waals surface area contributed by atoms with Crippen molar-refractivity contribution >= 4 is 11.6 Å². The molecule has 0 saturated carbocycles. The van der Waals surface area contributed by atoms with Crippen molar-refractivity contribution in [1.29, 1.82) is 0 Å². The highest BCUT2D eigenvalue weighted by molar-refractivity contribution is 6.30. The summed E-state index contributed by atoms with van der Waals surface area (Å²) in [5.74, 6) is 1.74. The minimum atomic E-state index is 0.478. The largest absolute Gasteiger partial charge is 0.490 e. The summed E-state index contributed by atoms with van der Waals surface area (Å²) < 4.78 is 11.7. The molecule has 124 valence electrons.